The van der Waals surface area contributed by atoms with E-state index in [9.17, 15) is 0 Å². The summed E-state index contributed by atoms with van der Waals surface area (Å²) in [7, 11) is -3.02. The van der Waals surface area contributed by atoms with Gasteiger partial charge in [0.15, 0.2) is 0 Å². The van der Waals surface area contributed by atoms with Gasteiger partial charge in [-0.1, -0.05) is 25.2 Å². The summed E-state index contributed by atoms with van der Waals surface area (Å²) in [5, 5.41) is 35.0. The highest BCUT2D eigenvalue weighted by atomic mass is 16.4. The molecule has 0 aromatic heterocycles. The van der Waals surface area contributed by atoms with Crippen molar-refractivity contribution < 1.29 is 20.1 Å². The van der Waals surface area contributed by atoms with E-state index in [-0.39, 0.29) is 6.42 Å². The topological polar surface area (TPSA) is 80.9 Å². The van der Waals surface area contributed by atoms with Gasteiger partial charge in [-0.2, -0.15) is 0 Å². The van der Waals surface area contributed by atoms with Crippen LogP contribution in [0.3, 0.4) is 0 Å². The van der Waals surface area contributed by atoms with Crippen LogP contribution >= 0.6 is 0 Å². The molecule has 0 saturated carbocycles. The predicted molar refractivity (Wildman–Crippen MR) is 50.6 cm³/mol. The zero-order chi connectivity index (χ0) is 10.1. The molecule has 4 N–H and O–H groups in total. The molecule has 0 radical (unpaired) electrons. The van der Waals surface area contributed by atoms with Gasteiger partial charge in [0.25, 0.3) is 0 Å². The quantitative estimate of drug-likeness (QED) is 0.417. The molecule has 4 nitrogen and oxygen atoms in total. The third-order valence-corrected chi connectivity index (χ3v) is 2.29. The van der Waals surface area contributed by atoms with Crippen LogP contribution in [-0.2, 0) is 0 Å². The number of allylic oxidation sites excluding steroid dienone is 4. The van der Waals surface area contributed by atoms with Gasteiger partial charge in [0.1, 0.15) is 0 Å². The zero-order valence-electron chi connectivity index (χ0n) is 7.38. The maximum Gasteiger partial charge on any atom is 0.484 e. The van der Waals surface area contributed by atoms with Gasteiger partial charge in [0.2, 0.25) is 0 Å². The van der Waals surface area contributed by atoms with Crippen LogP contribution in [0.15, 0.2) is 23.7 Å². The maximum absolute atomic E-state index is 9.05. The summed E-state index contributed by atoms with van der Waals surface area (Å²) in [5.74, 6) is 0. The van der Waals surface area contributed by atoms with Gasteiger partial charge in [0.05, 0.1) is 0 Å². The first-order valence-electron chi connectivity index (χ1n) is 4.06. The smallest absolute Gasteiger partial charge is 0.426 e. The molecular weight excluding hydrogens is 170 g/mol. The molecule has 6 heteroatoms. The van der Waals surface area contributed by atoms with Crippen LogP contribution in [0.5, 0.6) is 0 Å². The molecule has 0 aromatic carbocycles. The fraction of sp³-hybridized carbons (Fsp3) is 0.429. The molecule has 0 heterocycles. The Kier molecular flexibility index (Phi) is 2.98. The van der Waals surface area contributed by atoms with Gasteiger partial charge < -0.3 is 20.1 Å². The molecule has 0 saturated heterocycles. The normalized spacial score (nSPS) is 27.0. The lowest BCUT2D eigenvalue weighted by molar-refractivity contribution is 0.361. The summed E-state index contributed by atoms with van der Waals surface area (Å²) in [4.78, 5) is 0. The monoisotopic (exact) mass is 182 g/mol. The minimum absolute atomic E-state index is 0.235. The van der Waals surface area contributed by atoms with Crippen LogP contribution in [0, 0.1) is 0 Å². The van der Waals surface area contributed by atoms with Crippen molar-refractivity contribution in [3.8, 4) is 0 Å². The number of rotatable bonds is 2. The fourth-order valence-corrected chi connectivity index (χ4v) is 1.30. The molecule has 0 spiro atoms. The molecule has 0 bridgehead atoms. The Morgan fingerprint density at radius 3 is 2.38 bits per heavy atom. The van der Waals surface area contributed by atoms with Crippen LogP contribution in [0.2, 0.25) is 5.31 Å². The fourth-order valence-electron chi connectivity index (χ4n) is 1.30. The van der Waals surface area contributed by atoms with Crippen molar-refractivity contribution in [1.82, 2.24) is 0 Å². The van der Waals surface area contributed by atoms with Crippen LogP contribution < -0.4 is 0 Å². The molecule has 13 heavy (non-hydrogen) atoms. The van der Waals surface area contributed by atoms with Crippen molar-refractivity contribution in [3.63, 3.8) is 0 Å². The summed E-state index contributed by atoms with van der Waals surface area (Å²) in [6.07, 6.45) is 5.04. The molecule has 0 amide bonds. The van der Waals surface area contributed by atoms with Crippen molar-refractivity contribution in [3.05, 3.63) is 23.7 Å². The van der Waals surface area contributed by atoms with Crippen molar-refractivity contribution in [2.24, 2.45) is 0 Å². The van der Waals surface area contributed by atoms with Gasteiger partial charge in [-0.25, -0.2) is 0 Å². The van der Waals surface area contributed by atoms with Crippen LogP contribution in [0.4, 0.5) is 0 Å². The zero-order valence-corrected chi connectivity index (χ0v) is 7.38. The van der Waals surface area contributed by atoms with Crippen molar-refractivity contribution in [1.29, 1.82) is 0 Å². The second-order valence-electron chi connectivity index (χ2n) is 3.53. The third kappa shape index (κ3) is 2.22. The summed E-state index contributed by atoms with van der Waals surface area (Å²) >= 11 is 0. The highest BCUT2D eigenvalue weighted by molar-refractivity contribution is 6.52. The van der Waals surface area contributed by atoms with Gasteiger partial charge in [-0.3, -0.25) is 0 Å². The Morgan fingerprint density at radius 1 is 1.31 bits per heavy atom. The SMILES string of the molecule is CC1(B(O)O)C=CC=C(B(O)O)C1. The lowest BCUT2D eigenvalue weighted by atomic mass is 9.52. The molecule has 1 unspecified atom stereocenters. The lowest BCUT2D eigenvalue weighted by Gasteiger charge is -2.28. The number of hydrogen-bond acceptors (Lipinski definition) is 4. The Balaban J connectivity index is 2.80. The van der Waals surface area contributed by atoms with Crippen molar-refractivity contribution >= 4 is 14.2 Å². The number of hydrogen-bond donors (Lipinski definition) is 4. The first kappa shape index (κ1) is 10.5. The molecular formula is C7H12B2O4. The van der Waals surface area contributed by atoms with E-state index in [1.807, 2.05) is 0 Å². The Morgan fingerprint density at radius 2 is 1.92 bits per heavy atom. The van der Waals surface area contributed by atoms with E-state index < -0.39 is 19.6 Å². The molecule has 0 aliphatic heterocycles. The van der Waals surface area contributed by atoms with Gasteiger partial charge in [-0.05, 0) is 11.9 Å². The van der Waals surface area contributed by atoms with Crippen molar-refractivity contribution in [2.75, 3.05) is 0 Å². The first-order valence-corrected chi connectivity index (χ1v) is 4.06. The van der Waals surface area contributed by atoms with E-state index in [1.165, 1.54) is 0 Å². The molecule has 1 aliphatic carbocycles. The highest BCUT2D eigenvalue weighted by Gasteiger charge is 2.38. The Labute approximate surface area is 77.5 Å². The Hall–Kier alpha value is -0.550. The van der Waals surface area contributed by atoms with Crippen LogP contribution in [0.25, 0.3) is 0 Å². The second-order valence-corrected chi connectivity index (χ2v) is 3.53. The molecule has 0 aromatic rings. The van der Waals surface area contributed by atoms with E-state index in [1.54, 1.807) is 25.2 Å². The molecule has 1 aliphatic rings. The molecule has 0 fully saturated rings. The highest BCUT2D eigenvalue weighted by Crippen LogP contribution is 2.39. The predicted octanol–water partition coefficient (Wildman–Crippen LogP) is -0.882. The average Bonchev–Trinajstić information content (AvgIpc) is 2.04. The minimum atomic E-state index is -1.52. The van der Waals surface area contributed by atoms with E-state index in [0.29, 0.717) is 5.47 Å². The minimum Gasteiger partial charge on any atom is -0.426 e. The van der Waals surface area contributed by atoms with E-state index >= 15 is 0 Å². The van der Waals surface area contributed by atoms with E-state index in [4.69, 9.17) is 20.1 Å². The maximum atomic E-state index is 9.05. The average molecular weight is 182 g/mol. The van der Waals surface area contributed by atoms with Gasteiger partial charge in [0, 0.05) is 5.31 Å². The van der Waals surface area contributed by atoms with Gasteiger partial charge in [-0.15, -0.1) is 0 Å². The van der Waals surface area contributed by atoms with Crippen LogP contribution in [-0.4, -0.2) is 34.3 Å². The molecule has 1 rings (SSSR count). The summed E-state index contributed by atoms with van der Waals surface area (Å²) < 4.78 is 0. The summed E-state index contributed by atoms with van der Waals surface area (Å²) in [6.45, 7) is 1.64. The molecule has 70 valence electrons. The standard InChI is InChI=1S/C7H12B2O4/c1-7(9(12)13)4-2-3-6(5-7)8(10)11/h2-4,10-13H,5H2,1H3. The second kappa shape index (κ2) is 3.67. The first-order chi connectivity index (χ1) is 5.96. The largest absolute Gasteiger partial charge is 0.484 e. The Bertz CT molecular complexity index is 249. The molecule has 1 atom stereocenters. The van der Waals surface area contributed by atoms with Crippen LogP contribution in [0.1, 0.15) is 13.3 Å². The third-order valence-electron chi connectivity index (χ3n) is 2.29. The van der Waals surface area contributed by atoms with E-state index in [2.05, 4.69) is 0 Å². The lowest BCUT2D eigenvalue weighted by Crippen LogP contribution is -2.33. The van der Waals surface area contributed by atoms with Crippen molar-refractivity contribution in [2.45, 2.75) is 18.7 Å². The van der Waals surface area contributed by atoms with Gasteiger partial charge >= 0.3 is 14.2 Å². The summed E-state index contributed by atoms with van der Waals surface area (Å²) in [6, 6.07) is 0. The summed E-state index contributed by atoms with van der Waals surface area (Å²) in [5.41, 5.74) is 0.387. The van der Waals surface area contributed by atoms with E-state index in [0.717, 1.165) is 0 Å².